The third kappa shape index (κ3) is 9.35. The van der Waals surface area contributed by atoms with E-state index in [2.05, 4.69) is 9.97 Å². The van der Waals surface area contributed by atoms with Gasteiger partial charge in [-0.1, -0.05) is 83.1 Å². The van der Waals surface area contributed by atoms with E-state index < -0.39 is 47.2 Å². The lowest BCUT2D eigenvalue weighted by atomic mass is 9.85. The van der Waals surface area contributed by atoms with E-state index in [1.165, 1.54) is 0 Å². The van der Waals surface area contributed by atoms with Gasteiger partial charge >= 0.3 is 12.4 Å². The molecule has 0 aliphatic carbocycles. The van der Waals surface area contributed by atoms with Gasteiger partial charge in [0.25, 0.3) is 0 Å². The molecule has 0 radical (unpaired) electrons. The van der Waals surface area contributed by atoms with E-state index in [0.29, 0.717) is 16.9 Å². The van der Waals surface area contributed by atoms with E-state index >= 15 is 0 Å². The molecule has 0 amide bonds. The van der Waals surface area contributed by atoms with Crippen molar-refractivity contribution in [1.82, 2.24) is 39.9 Å². The number of allylic oxidation sites excluding steroid dienone is 2. The average molecular weight is 823 g/mol. The highest BCUT2D eigenvalue weighted by molar-refractivity contribution is 5.92. The summed E-state index contributed by atoms with van der Waals surface area (Å²) in [6, 6.07) is 0. The summed E-state index contributed by atoms with van der Waals surface area (Å²) in [5.41, 5.74) is -2.18. The van der Waals surface area contributed by atoms with Gasteiger partial charge in [0.2, 0.25) is 0 Å². The number of alkyl halides is 6. The van der Waals surface area contributed by atoms with E-state index in [-0.39, 0.29) is 87.5 Å². The van der Waals surface area contributed by atoms with Gasteiger partial charge in [0, 0.05) is 22.3 Å². The molecule has 0 spiro atoms. The number of rotatable bonds is 8. The van der Waals surface area contributed by atoms with Crippen LogP contribution >= 0.6 is 0 Å². The van der Waals surface area contributed by atoms with Crippen molar-refractivity contribution in [3.05, 3.63) is 34.4 Å². The van der Waals surface area contributed by atoms with Crippen molar-refractivity contribution in [1.29, 1.82) is 0 Å². The first-order valence-corrected chi connectivity index (χ1v) is 18.9. The fraction of sp³-hybridized carbons (Fsp3) is 0.600. The maximum absolute atomic E-state index is 13.9. The molecule has 5 rings (SSSR count). The van der Waals surface area contributed by atoms with E-state index in [1.807, 2.05) is 41.5 Å². The second kappa shape index (κ2) is 15.0. The van der Waals surface area contributed by atoms with Gasteiger partial charge in [-0.05, 0) is 35.5 Å². The molecule has 12 nitrogen and oxygen atoms in total. The largest absolute Gasteiger partial charge is 0.489 e. The molecule has 18 heteroatoms. The summed E-state index contributed by atoms with van der Waals surface area (Å²) >= 11 is 0. The number of hydrogen-bond donors (Lipinski definition) is 2. The molecule has 2 aliphatic heterocycles. The number of nitrogens with one attached hydrogen (secondary N) is 2. The Morgan fingerprint density at radius 1 is 0.414 bits per heavy atom. The predicted octanol–water partition coefficient (Wildman–Crippen LogP) is 10.3. The Bertz CT molecular complexity index is 2300. The Hall–Kier alpha value is -4.90. The first kappa shape index (κ1) is 44.2. The first-order valence-electron chi connectivity index (χ1n) is 18.9. The lowest BCUT2D eigenvalue weighted by Crippen LogP contribution is -2.21. The highest BCUT2D eigenvalue weighted by Crippen LogP contribution is 2.46. The minimum atomic E-state index is -4.74. The number of fused-ring (bicyclic) bond motifs is 8. The van der Waals surface area contributed by atoms with Gasteiger partial charge in [-0.2, -0.15) is 26.3 Å². The van der Waals surface area contributed by atoms with Crippen molar-refractivity contribution in [2.45, 2.75) is 120 Å². The number of nitrogens with zero attached hydrogens (tertiary/aromatic N) is 6. The van der Waals surface area contributed by atoms with Crippen LogP contribution in [0.25, 0.3) is 45.3 Å². The van der Waals surface area contributed by atoms with Gasteiger partial charge in [-0.25, -0.2) is 29.9 Å². The SMILES string of the molecule is CCOC1=C(C(C)(C)C)c2nc3nc(nc4[nH]c(nc5[nH]c(nc1n2)c(C(C)(C)C)c5OCC(F)(F)F)c(C(C)(C)C)c4OCC(F)(F)F)C(C(C)(C)C)=C3OCC. The molecule has 2 aliphatic rings. The van der Waals surface area contributed by atoms with Crippen LogP contribution in [0, 0.1) is 10.8 Å². The summed E-state index contributed by atoms with van der Waals surface area (Å²) in [7, 11) is 0. The maximum Gasteiger partial charge on any atom is 0.422 e. The molecule has 5 heterocycles. The summed E-state index contributed by atoms with van der Waals surface area (Å²) < 4.78 is 107. The molecule has 0 unspecified atom stereocenters. The molecule has 3 aromatic rings. The minimum absolute atomic E-state index is 0.0572. The van der Waals surface area contributed by atoms with Crippen molar-refractivity contribution in [3.63, 3.8) is 0 Å². The van der Waals surface area contributed by atoms with Crippen molar-refractivity contribution < 1.29 is 45.3 Å². The number of aromatic amines is 2. The van der Waals surface area contributed by atoms with Crippen LogP contribution < -0.4 is 9.47 Å². The maximum atomic E-state index is 13.9. The third-order valence-electron chi connectivity index (χ3n) is 8.77. The lowest BCUT2D eigenvalue weighted by Gasteiger charge is -2.22. The van der Waals surface area contributed by atoms with Crippen LogP contribution in [0.4, 0.5) is 26.3 Å². The van der Waals surface area contributed by atoms with Gasteiger partial charge < -0.3 is 28.9 Å². The standard InChI is InChI=1S/C40H52F6N8O4/c1-15-55-23-19(35(3,4)5)27-47-31-24(56-16-2)20(36(6,7)8)28(49-31)51-33-26(58-18-40(44,45)46)22(38(12,13)14)30(53-33)54-34-25(57-17-39(41,42)43)21(37(9,10)11)29(52-34)50-32(23)48-27/h15-18H2,1-14H3,(H2,47,48,49,50,51,52,53,54). The molecule has 318 valence electrons. The molecular weight excluding hydrogens is 770 g/mol. The molecular formula is C40H52F6N8O4. The van der Waals surface area contributed by atoms with Crippen LogP contribution in [0.5, 0.6) is 11.5 Å². The summed E-state index contributed by atoms with van der Waals surface area (Å²) in [5.74, 6) is 0.447. The van der Waals surface area contributed by atoms with Crippen LogP contribution in [0.15, 0.2) is 0 Å². The minimum Gasteiger partial charge on any atom is -0.489 e. The van der Waals surface area contributed by atoms with Crippen molar-refractivity contribution in [2.75, 3.05) is 26.4 Å². The van der Waals surface area contributed by atoms with Crippen LogP contribution in [-0.4, -0.2) is 78.7 Å². The number of H-pyrrole nitrogens is 2. The zero-order valence-corrected chi connectivity index (χ0v) is 35.4. The van der Waals surface area contributed by atoms with Gasteiger partial charge in [0.15, 0.2) is 70.8 Å². The third-order valence-corrected chi connectivity index (χ3v) is 8.77. The summed E-state index contributed by atoms with van der Waals surface area (Å²) in [6.45, 7) is 22.7. The fourth-order valence-electron chi connectivity index (χ4n) is 6.71. The first-order chi connectivity index (χ1) is 26.4. The zero-order chi connectivity index (χ0) is 43.6. The summed E-state index contributed by atoms with van der Waals surface area (Å²) in [5, 5.41) is 0. The molecule has 0 saturated heterocycles. The number of aromatic nitrogens is 8. The monoisotopic (exact) mass is 822 g/mol. The molecule has 0 saturated carbocycles. The Morgan fingerprint density at radius 3 is 1.09 bits per heavy atom. The number of ether oxygens (including phenoxy) is 4. The van der Waals surface area contributed by atoms with Crippen molar-refractivity contribution in [2.24, 2.45) is 10.8 Å². The van der Waals surface area contributed by atoms with Gasteiger partial charge in [-0.3, -0.25) is 0 Å². The second-order valence-corrected chi connectivity index (χ2v) is 18.1. The van der Waals surface area contributed by atoms with E-state index in [9.17, 15) is 26.3 Å². The van der Waals surface area contributed by atoms with Crippen LogP contribution in [0.3, 0.4) is 0 Å². The quantitative estimate of drug-likeness (QED) is 0.211. The van der Waals surface area contributed by atoms with Gasteiger partial charge in [0.05, 0.1) is 13.2 Å². The van der Waals surface area contributed by atoms with E-state index in [1.54, 1.807) is 55.4 Å². The van der Waals surface area contributed by atoms with E-state index in [0.717, 1.165) is 0 Å². The second-order valence-electron chi connectivity index (χ2n) is 18.1. The lowest BCUT2D eigenvalue weighted by molar-refractivity contribution is -0.154. The highest BCUT2D eigenvalue weighted by atomic mass is 19.4. The normalized spacial score (nSPS) is 14.7. The summed E-state index contributed by atoms with van der Waals surface area (Å²) in [4.78, 5) is 35.1. The zero-order valence-electron chi connectivity index (χ0n) is 35.4. The Morgan fingerprint density at radius 2 is 0.741 bits per heavy atom. The topological polar surface area (TPSA) is 146 Å². The average Bonchev–Trinajstić information content (AvgIpc) is 3.75. The Kier molecular flexibility index (Phi) is 11.5. The molecule has 0 fully saturated rings. The van der Waals surface area contributed by atoms with Crippen LogP contribution in [-0.2, 0) is 20.3 Å². The van der Waals surface area contributed by atoms with E-state index in [4.69, 9.17) is 48.9 Å². The molecule has 58 heavy (non-hydrogen) atoms. The summed E-state index contributed by atoms with van der Waals surface area (Å²) in [6.07, 6.45) is -9.49. The van der Waals surface area contributed by atoms with Gasteiger partial charge in [0.1, 0.15) is 11.3 Å². The number of hydrogen-bond acceptors (Lipinski definition) is 10. The molecule has 8 bridgehead atoms. The smallest absolute Gasteiger partial charge is 0.422 e. The predicted molar refractivity (Wildman–Crippen MR) is 208 cm³/mol. The van der Waals surface area contributed by atoms with Crippen LogP contribution in [0.1, 0.15) is 131 Å². The van der Waals surface area contributed by atoms with Gasteiger partial charge in [-0.15, -0.1) is 0 Å². The molecule has 0 aromatic carbocycles. The molecule has 0 atom stereocenters. The van der Waals surface area contributed by atoms with Crippen molar-refractivity contribution in [3.8, 4) is 11.5 Å². The molecule has 3 aromatic heterocycles. The highest BCUT2D eigenvalue weighted by Gasteiger charge is 2.39. The Balaban J connectivity index is 2.15. The van der Waals surface area contributed by atoms with Crippen LogP contribution in [0.2, 0.25) is 0 Å². The molecule has 2 N–H and O–H groups in total. The fourth-order valence-corrected chi connectivity index (χ4v) is 6.71. The van der Waals surface area contributed by atoms with Crippen molar-refractivity contribution >= 4 is 45.3 Å². The number of halogens is 6. The Labute approximate surface area is 333 Å².